The van der Waals surface area contributed by atoms with E-state index >= 15 is 0 Å². The lowest BCUT2D eigenvalue weighted by Gasteiger charge is -2.34. The summed E-state index contributed by atoms with van der Waals surface area (Å²) in [6, 6.07) is 10.1. The SMILES string of the molecule is Nc1ccc(C2NC(=O)N(c3cccc(C(F)(F)F)c3)C3=C2C(=O)CC3)cc1. The third kappa shape index (κ3) is 3.00. The normalized spacial score (nSPS) is 19.7. The third-order valence-corrected chi connectivity index (χ3v) is 4.93. The molecule has 5 nitrogen and oxygen atoms in total. The van der Waals surface area contributed by atoms with E-state index in [1.807, 2.05) is 0 Å². The van der Waals surface area contributed by atoms with Gasteiger partial charge < -0.3 is 11.1 Å². The van der Waals surface area contributed by atoms with Gasteiger partial charge in [-0.25, -0.2) is 4.79 Å². The van der Waals surface area contributed by atoms with Gasteiger partial charge in [-0.2, -0.15) is 13.2 Å². The lowest BCUT2D eigenvalue weighted by atomic mass is 9.94. The van der Waals surface area contributed by atoms with Gasteiger partial charge in [-0.1, -0.05) is 18.2 Å². The minimum Gasteiger partial charge on any atom is -0.399 e. The monoisotopic (exact) mass is 387 g/mol. The second kappa shape index (κ2) is 6.40. The molecule has 2 amide bonds. The molecular weight excluding hydrogens is 371 g/mol. The first kappa shape index (κ1) is 18.1. The Labute approximate surface area is 158 Å². The molecule has 1 unspecified atom stereocenters. The van der Waals surface area contributed by atoms with E-state index in [4.69, 9.17) is 5.73 Å². The first-order chi connectivity index (χ1) is 13.3. The van der Waals surface area contributed by atoms with Gasteiger partial charge in [0.1, 0.15) is 0 Å². The van der Waals surface area contributed by atoms with E-state index in [2.05, 4.69) is 5.32 Å². The van der Waals surface area contributed by atoms with Gasteiger partial charge in [-0.05, 0) is 42.3 Å². The molecule has 28 heavy (non-hydrogen) atoms. The topological polar surface area (TPSA) is 75.4 Å². The Morgan fingerprint density at radius 1 is 1.04 bits per heavy atom. The van der Waals surface area contributed by atoms with Crippen LogP contribution in [0.3, 0.4) is 0 Å². The molecule has 3 N–H and O–H groups in total. The summed E-state index contributed by atoms with van der Waals surface area (Å²) in [7, 11) is 0. The van der Waals surface area contributed by atoms with Gasteiger partial charge in [0.15, 0.2) is 5.78 Å². The van der Waals surface area contributed by atoms with Crippen LogP contribution < -0.4 is 16.0 Å². The van der Waals surface area contributed by atoms with Crippen molar-refractivity contribution < 1.29 is 22.8 Å². The second-order valence-electron chi connectivity index (χ2n) is 6.72. The van der Waals surface area contributed by atoms with Crippen LogP contribution in [0.5, 0.6) is 0 Å². The Bertz CT molecular complexity index is 997. The lowest BCUT2D eigenvalue weighted by Crippen LogP contribution is -2.47. The predicted octanol–water partition coefficient (Wildman–Crippen LogP) is 4.18. The number of allylic oxidation sites excluding steroid dienone is 1. The standard InChI is InChI=1S/C20H16F3N3O2/c21-20(22,23)12-2-1-3-14(10-12)26-15-8-9-16(27)17(15)18(25-19(26)28)11-4-6-13(24)7-5-11/h1-7,10,18H,8-9,24H2,(H,25,28). The average Bonchev–Trinajstić information content (AvgIpc) is 3.03. The van der Waals surface area contributed by atoms with E-state index in [0.717, 1.165) is 12.1 Å². The first-order valence-electron chi connectivity index (χ1n) is 8.65. The summed E-state index contributed by atoms with van der Waals surface area (Å²) in [5, 5.41) is 2.75. The molecular formula is C20H16F3N3O2. The van der Waals surface area contributed by atoms with E-state index in [0.29, 0.717) is 28.9 Å². The van der Waals surface area contributed by atoms with Crippen molar-refractivity contribution in [3.8, 4) is 0 Å². The summed E-state index contributed by atoms with van der Waals surface area (Å²) in [4.78, 5) is 26.5. The Kier molecular flexibility index (Phi) is 4.14. The van der Waals surface area contributed by atoms with Crippen LogP contribution in [0, 0.1) is 0 Å². The number of carbonyl (C=O) groups excluding carboxylic acids is 2. The van der Waals surface area contributed by atoms with Gasteiger partial charge >= 0.3 is 12.2 Å². The lowest BCUT2D eigenvalue weighted by molar-refractivity contribution is -0.137. The summed E-state index contributed by atoms with van der Waals surface area (Å²) in [6.45, 7) is 0. The number of nitrogens with two attached hydrogens (primary N) is 1. The maximum Gasteiger partial charge on any atom is 0.416 e. The highest BCUT2D eigenvalue weighted by molar-refractivity contribution is 6.08. The molecule has 0 bridgehead atoms. The van der Waals surface area contributed by atoms with Crippen molar-refractivity contribution in [3.63, 3.8) is 0 Å². The molecule has 1 aliphatic carbocycles. The summed E-state index contributed by atoms with van der Waals surface area (Å²) in [5.41, 5.74) is 6.99. The quantitative estimate of drug-likeness (QED) is 0.760. The van der Waals surface area contributed by atoms with Crippen LogP contribution in [0.15, 0.2) is 59.8 Å². The fourth-order valence-corrected chi connectivity index (χ4v) is 3.64. The number of ketones is 1. The number of Topliss-reactive ketones (excluding diaryl/α,β-unsaturated/α-hetero) is 1. The number of nitrogen functional groups attached to an aromatic ring is 1. The smallest absolute Gasteiger partial charge is 0.399 e. The molecule has 0 aromatic heterocycles. The maximum atomic E-state index is 13.1. The number of rotatable bonds is 2. The van der Waals surface area contributed by atoms with Crippen LogP contribution in [0.1, 0.15) is 30.0 Å². The van der Waals surface area contributed by atoms with Crippen LogP contribution in [-0.2, 0) is 11.0 Å². The van der Waals surface area contributed by atoms with Crippen molar-refractivity contribution in [2.45, 2.75) is 25.1 Å². The van der Waals surface area contributed by atoms with Crippen LogP contribution in [-0.4, -0.2) is 11.8 Å². The van der Waals surface area contributed by atoms with Gasteiger partial charge in [0.05, 0.1) is 17.3 Å². The highest BCUT2D eigenvalue weighted by atomic mass is 19.4. The van der Waals surface area contributed by atoms with Crippen LogP contribution >= 0.6 is 0 Å². The van der Waals surface area contributed by atoms with E-state index in [9.17, 15) is 22.8 Å². The Hall–Kier alpha value is -3.29. The zero-order valence-corrected chi connectivity index (χ0v) is 14.6. The number of amides is 2. The number of urea groups is 1. The molecule has 2 aromatic carbocycles. The largest absolute Gasteiger partial charge is 0.416 e. The number of benzene rings is 2. The Morgan fingerprint density at radius 3 is 2.43 bits per heavy atom. The van der Waals surface area contributed by atoms with Gasteiger partial charge in [-0.15, -0.1) is 0 Å². The molecule has 2 aromatic rings. The van der Waals surface area contributed by atoms with Crippen LogP contribution in [0.25, 0.3) is 0 Å². The van der Waals surface area contributed by atoms with E-state index in [1.165, 1.54) is 17.0 Å². The molecule has 144 valence electrons. The van der Waals surface area contributed by atoms with Gasteiger partial charge in [0, 0.05) is 23.4 Å². The van der Waals surface area contributed by atoms with Crippen molar-refractivity contribution in [2.75, 3.05) is 10.6 Å². The molecule has 1 heterocycles. The number of anilines is 2. The average molecular weight is 387 g/mol. The van der Waals surface area contributed by atoms with Crippen molar-refractivity contribution >= 4 is 23.2 Å². The molecule has 2 aliphatic rings. The van der Waals surface area contributed by atoms with Crippen LogP contribution in [0.4, 0.5) is 29.3 Å². The molecule has 1 atom stereocenters. The number of halogens is 3. The summed E-state index contributed by atoms with van der Waals surface area (Å²) >= 11 is 0. The Morgan fingerprint density at radius 2 is 1.75 bits per heavy atom. The van der Waals surface area contributed by atoms with Crippen molar-refractivity contribution in [2.24, 2.45) is 0 Å². The van der Waals surface area contributed by atoms with Crippen LogP contribution in [0.2, 0.25) is 0 Å². The summed E-state index contributed by atoms with van der Waals surface area (Å²) in [5.74, 6) is -0.131. The zero-order chi connectivity index (χ0) is 20.1. The molecule has 0 saturated carbocycles. The number of alkyl halides is 3. The zero-order valence-electron chi connectivity index (χ0n) is 14.6. The molecule has 0 fully saturated rings. The summed E-state index contributed by atoms with van der Waals surface area (Å²) in [6.07, 6.45) is -4.03. The molecule has 1 aliphatic heterocycles. The third-order valence-electron chi connectivity index (χ3n) is 4.93. The molecule has 8 heteroatoms. The first-order valence-corrected chi connectivity index (χ1v) is 8.65. The molecule has 0 spiro atoms. The van der Waals surface area contributed by atoms with Crippen molar-refractivity contribution in [1.29, 1.82) is 0 Å². The number of carbonyl (C=O) groups is 2. The molecule has 0 radical (unpaired) electrons. The van der Waals surface area contributed by atoms with Gasteiger partial charge in [0.25, 0.3) is 0 Å². The molecule has 0 saturated heterocycles. The number of hydrogen-bond acceptors (Lipinski definition) is 3. The number of hydrogen-bond donors (Lipinski definition) is 2. The Balaban J connectivity index is 1.81. The minimum atomic E-state index is -4.53. The van der Waals surface area contributed by atoms with E-state index < -0.39 is 23.8 Å². The van der Waals surface area contributed by atoms with Gasteiger partial charge in [0.2, 0.25) is 0 Å². The fourth-order valence-electron chi connectivity index (χ4n) is 3.64. The predicted molar refractivity (Wildman–Crippen MR) is 97.3 cm³/mol. The van der Waals surface area contributed by atoms with Crippen molar-refractivity contribution in [1.82, 2.24) is 5.32 Å². The number of nitrogens with one attached hydrogen (secondary N) is 1. The summed E-state index contributed by atoms with van der Waals surface area (Å²) < 4.78 is 39.2. The highest BCUT2D eigenvalue weighted by Crippen LogP contribution is 2.41. The second-order valence-corrected chi connectivity index (χ2v) is 6.72. The maximum absolute atomic E-state index is 13.1. The highest BCUT2D eigenvalue weighted by Gasteiger charge is 2.41. The van der Waals surface area contributed by atoms with Crippen molar-refractivity contribution in [3.05, 3.63) is 70.9 Å². The molecule has 4 rings (SSSR count). The van der Waals surface area contributed by atoms with E-state index in [-0.39, 0.29) is 17.9 Å². The fraction of sp³-hybridized carbons (Fsp3) is 0.200. The van der Waals surface area contributed by atoms with E-state index in [1.54, 1.807) is 24.3 Å². The number of nitrogens with zero attached hydrogens (tertiary/aromatic N) is 1. The minimum absolute atomic E-state index is 0.0743. The van der Waals surface area contributed by atoms with Gasteiger partial charge in [-0.3, -0.25) is 9.69 Å².